The van der Waals surface area contributed by atoms with Crippen LogP contribution in [-0.2, 0) is 4.79 Å². The van der Waals surface area contributed by atoms with Crippen molar-refractivity contribution in [3.05, 3.63) is 24.0 Å². The van der Waals surface area contributed by atoms with E-state index in [0.29, 0.717) is 6.54 Å². The van der Waals surface area contributed by atoms with Gasteiger partial charge in [0.1, 0.15) is 6.10 Å². The summed E-state index contributed by atoms with van der Waals surface area (Å²) >= 11 is 0. The van der Waals surface area contributed by atoms with Crippen LogP contribution in [0, 0.1) is 12.8 Å². The number of anilines is 1. The Balaban J connectivity index is 1.60. The maximum Gasteiger partial charge on any atom is 0.251 e. The monoisotopic (exact) mass is 331 g/mol. The van der Waals surface area contributed by atoms with Crippen LogP contribution in [0.25, 0.3) is 0 Å². The smallest absolute Gasteiger partial charge is 0.251 e. The van der Waals surface area contributed by atoms with Gasteiger partial charge in [-0.1, -0.05) is 19.3 Å². The van der Waals surface area contributed by atoms with Crippen molar-refractivity contribution in [1.29, 1.82) is 0 Å². The van der Waals surface area contributed by atoms with Crippen LogP contribution in [0.15, 0.2) is 18.5 Å². The molecular weight excluding hydrogens is 302 g/mol. The highest BCUT2D eigenvalue weighted by Gasteiger charge is 2.31. The summed E-state index contributed by atoms with van der Waals surface area (Å²) in [6, 6.07) is 2.05. The van der Waals surface area contributed by atoms with Gasteiger partial charge in [0.15, 0.2) is 0 Å². The number of nitrogens with zero attached hydrogens (tertiary/aromatic N) is 3. The minimum atomic E-state index is -0.806. The molecule has 1 aromatic heterocycles. The molecule has 1 saturated heterocycles. The van der Waals surface area contributed by atoms with Gasteiger partial charge in [-0.15, -0.1) is 0 Å². The van der Waals surface area contributed by atoms with Crippen LogP contribution in [0.4, 0.5) is 5.69 Å². The number of amides is 1. The van der Waals surface area contributed by atoms with Crippen LogP contribution in [0.2, 0.25) is 0 Å². The fourth-order valence-electron chi connectivity index (χ4n) is 4.04. The Kier molecular flexibility index (Phi) is 5.72. The molecule has 1 saturated carbocycles. The molecule has 2 fully saturated rings. The first-order chi connectivity index (χ1) is 11.7. The highest BCUT2D eigenvalue weighted by molar-refractivity contribution is 5.81. The lowest BCUT2D eigenvalue weighted by molar-refractivity contribution is -0.143. The first-order valence-corrected chi connectivity index (χ1v) is 9.29. The zero-order valence-corrected chi connectivity index (χ0v) is 14.7. The third-order valence-corrected chi connectivity index (χ3v) is 5.49. The third-order valence-electron chi connectivity index (χ3n) is 5.49. The predicted octanol–water partition coefficient (Wildman–Crippen LogP) is 2.37. The van der Waals surface area contributed by atoms with Gasteiger partial charge in [0.25, 0.3) is 5.91 Å². The van der Waals surface area contributed by atoms with E-state index in [1.165, 1.54) is 17.7 Å². The van der Waals surface area contributed by atoms with Crippen molar-refractivity contribution in [2.24, 2.45) is 5.92 Å². The normalized spacial score (nSPS) is 21.4. The summed E-state index contributed by atoms with van der Waals surface area (Å²) < 4.78 is 0. The van der Waals surface area contributed by atoms with Crippen molar-refractivity contribution in [3.8, 4) is 0 Å². The summed E-state index contributed by atoms with van der Waals surface area (Å²) in [4.78, 5) is 21.1. The van der Waals surface area contributed by atoms with Crippen molar-refractivity contribution in [1.82, 2.24) is 9.88 Å². The highest BCUT2D eigenvalue weighted by Crippen LogP contribution is 2.28. The second kappa shape index (κ2) is 7.97. The number of hydrogen-bond acceptors (Lipinski definition) is 4. The molecule has 1 atom stereocenters. The standard InChI is InChI=1S/C19H29N3O2/c1-15-14-20-9-8-17(15)21-10-5-11-22(13-12-21)19(24)18(23)16-6-3-2-4-7-16/h8-9,14,16,18,23H,2-7,10-13H2,1H3/t18-/m1/s1. The molecule has 1 aliphatic heterocycles. The molecule has 0 radical (unpaired) electrons. The van der Waals surface area contributed by atoms with Gasteiger partial charge in [0.05, 0.1) is 0 Å². The van der Waals surface area contributed by atoms with Gasteiger partial charge in [0.2, 0.25) is 0 Å². The van der Waals surface area contributed by atoms with Crippen LogP contribution in [-0.4, -0.2) is 53.2 Å². The van der Waals surface area contributed by atoms with E-state index in [9.17, 15) is 9.90 Å². The first-order valence-electron chi connectivity index (χ1n) is 9.29. The molecule has 1 N–H and O–H groups in total. The zero-order valence-electron chi connectivity index (χ0n) is 14.7. The average molecular weight is 331 g/mol. The van der Waals surface area contributed by atoms with Crippen molar-refractivity contribution in [3.63, 3.8) is 0 Å². The van der Waals surface area contributed by atoms with E-state index in [1.807, 2.05) is 23.4 Å². The Morgan fingerprint density at radius 1 is 1.17 bits per heavy atom. The number of carbonyl (C=O) groups excluding carboxylic acids is 1. The van der Waals surface area contributed by atoms with E-state index in [1.54, 1.807) is 0 Å². The molecule has 0 bridgehead atoms. The summed E-state index contributed by atoms with van der Waals surface area (Å²) in [5, 5.41) is 10.5. The van der Waals surface area contributed by atoms with Crippen LogP contribution < -0.4 is 4.90 Å². The molecule has 1 amide bonds. The molecule has 0 spiro atoms. The van der Waals surface area contributed by atoms with Crippen LogP contribution >= 0.6 is 0 Å². The predicted molar refractivity (Wildman–Crippen MR) is 95.0 cm³/mol. The minimum Gasteiger partial charge on any atom is -0.383 e. The molecule has 2 heterocycles. The lowest BCUT2D eigenvalue weighted by Gasteiger charge is -2.30. The lowest BCUT2D eigenvalue weighted by atomic mass is 9.85. The second-order valence-corrected chi connectivity index (χ2v) is 7.17. The molecule has 1 aromatic rings. The Morgan fingerprint density at radius 3 is 2.71 bits per heavy atom. The second-order valence-electron chi connectivity index (χ2n) is 7.17. The largest absolute Gasteiger partial charge is 0.383 e. The van der Waals surface area contributed by atoms with Crippen molar-refractivity contribution >= 4 is 11.6 Å². The summed E-state index contributed by atoms with van der Waals surface area (Å²) in [5.41, 5.74) is 2.37. The van der Waals surface area contributed by atoms with E-state index in [4.69, 9.17) is 0 Å². The minimum absolute atomic E-state index is 0.0600. The zero-order chi connectivity index (χ0) is 16.9. The number of aryl methyl sites for hydroxylation is 1. The lowest BCUT2D eigenvalue weighted by Crippen LogP contribution is -2.44. The molecule has 3 rings (SSSR count). The number of aliphatic hydroxyl groups excluding tert-OH is 1. The van der Waals surface area contributed by atoms with E-state index in [-0.39, 0.29) is 11.8 Å². The Labute approximate surface area is 144 Å². The molecule has 5 heteroatoms. The maximum absolute atomic E-state index is 12.7. The van der Waals surface area contributed by atoms with Crippen LogP contribution in [0.1, 0.15) is 44.1 Å². The highest BCUT2D eigenvalue weighted by atomic mass is 16.3. The van der Waals surface area contributed by atoms with Gasteiger partial charge in [0, 0.05) is 44.3 Å². The summed E-state index contributed by atoms with van der Waals surface area (Å²) in [7, 11) is 0. The van der Waals surface area contributed by atoms with Gasteiger partial charge < -0.3 is 14.9 Å². The average Bonchev–Trinajstić information content (AvgIpc) is 2.88. The molecule has 0 aromatic carbocycles. The van der Waals surface area contributed by atoms with Gasteiger partial charge in [-0.2, -0.15) is 0 Å². The maximum atomic E-state index is 12.7. The molecule has 2 aliphatic rings. The van der Waals surface area contributed by atoms with Crippen LogP contribution in [0.5, 0.6) is 0 Å². The quantitative estimate of drug-likeness (QED) is 0.924. The molecule has 24 heavy (non-hydrogen) atoms. The first kappa shape index (κ1) is 17.2. The topological polar surface area (TPSA) is 56.7 Å². The van der Waals surface area contributed by atoms with Gasteiger partial charge >= 0.3 is 0 Å². The number of aliphatic hydroxyl groups is 1. The summed E-state index contributed by atoms with van der Waals surface area (Å²) in [5.74, 6) is 0.100. The molecule has 0 unspecified atom stereocenters. The van der Waals surface area contributed by atoms with E-state index in [0.717, 1.165) is 51.7 Å². The summed E-state index contributed by atoms with van der Waals surface area (Å²) in [6.45, 7) is 5.25. The van der Waals surface area contributed by atoms with Crippen LogP contribution in [0.3, 0.4) is 0 Å². The molecular formula is C19H29N3O2. The Morgan fingerprint density at radius 2 is 1.96 bits per heavy atom. The summed E-state index contributed by atoms with van der Waals surface area (Å²) in [6.07, 6.45) is 9.34. The number of pyridine rings is 1. The molecule has 132 valence electrons. The Bertz CT molecular complexity index is 557. The number of hydrogen-bond donors (Lipinski definition) is 1. The number of rotatable bonds is 3. The van der Waals surface area contributed by atoms with Crippen molar-refractivity contribution in [2.45, 2.75) is 51.6 Å². The Hall–Kier alpha value is -1.62. The van der Waals surface area contributed by atoms with Gasteiger partial charge in [-0.3, -0.25) is 9.78 Å². The van der Waals surface area contributed by atoms with E-state index >= 15 is 0 Å². The fourth-order valence-corrected chi connectivity index (χ4v) is 4.04. The third kappa shape index (κ3) is 3.89. The molecule has 1 aliphatic carbocycles. The van der Waals surface area contributed by atoms with E-state index < -0.39 is 6.10 Å². The van der Waals surface area contributed by atoms with Crippen molar-refractivity contribution < 1.29 is 9.90 Å². The van der Waals surface area contributed by atoms with E-state index in [2.05, 4.69) is 16.8 Å². The SMILES string of the molecule is Cc1cnccc1N1CCCN(C(=O)[C@H](O)C2CCCCC2)CC1. The van der Waals surface area contributed by atoms with Gasteiger partial charge in [-0.05, 0) is 43.7 Å². The number of aromatic nitrogens is 1. The molecule has 5 nitrogen and oxygen atoms in total. The van der Waals surface area contributed by atoms with Gasteiger partial charge in [-0.25, -0.2) is 0 Å². The number of carbonyl (C=O) groups is 1. The van der Waals surface area contributed by atoms with Crippen molar-refractivity contribution in [2.75, 3.05) is 31.1 Å². The fraction of sp³-hybridized carbons (Fsp3) is 0.684.